The summed E-state index contributed by atoms with van der Waals surface area (Å²) < 4.78 is 0. The van der Waals surface area contributed by atoms with Crippen molar-refractivity contribution in [1.82, 2.24) is 0 Å². The van der Waals surface area contributed by atoms with Crippen LogP contribution in [0.15, 0.2) is 23.1 Å². The third-order valence-corrected chi connectivity index (χ3v) is 5.31. The van der Waals surface area contributed by atoms with Crippen LogP contribution in [0, 0.1) is 17.9 Å². The minimum atomic E-state index is 1.03. The molecular weight excluding hydrogens is 320 g/mol. The zero-order valence-electron chi connectivity index (χ0n) is 16.5. The van der Waals surface area contributed by atoms with Crippen molar-refractivity contribution >= 4 is 11.8 Å². The molecule has 1 rings (SSSR count). The van der Waals surface area contributed by atoms with Gasteiger partial charge < -0.3 is 0 Å². The molecule has 1 aromatic rings. The molecule has 0 amide bonds. The Morgan fingerprint density at radius 1 is 0.840 bits per heavy atom. The molecule has 0 heterocycles. The molecule has 0 aliphatic carbocycles. The standard InChI is InChI=1S/C24H37S/c1-3-4-5-6-7-8-9-10-11-12-13-14-15-16-17-19-23-20-18-21-24(22-23)25-2/h18,20,22H,3-16H2,1-2H3. The van der Waals surface area contributed by atoms with Crippen molar-refractivity contribution < 1.29 is 0 Å². The van der Waals surface area contributed by atoms with Crippen LogP contribution in [0.1, 0.15) is 102 Å². The molecular formula is C24H37S. The summed E-state index contributed by atoms with van der Waals surface area (Å²) in [5.41, 5.74) is 1.12. The van der Waals surface area contributed by atoms with Crippen LogP contribution in [0.3, 0.4) is 0 Å². The van der Waals surface area contributed by atoms with Crippen molar-refractivity contribution in [3.05, 3.63) is 29.8 Å². The molecule has 0 saturated heterocycles. The maximum absolute atomic E-state index is 3.32. The first-order valence-electron chi connectivity index (χ1n) is 10.4. The lowest BCUT2D eigenvalue weighted by Crippen LogP contribution is -1.83. The maximum atomic E-state index is 3.32. The summed E-state index contributed by atoms with van der Waals surface area (Å²) in [5, 5.41) is 0. The fourth-order valence-electron chi connectivity index (χ4n) is 3.04. The molecule has 0 bridgehead atoms. The van der Waals surface area contributed by atoms with Gasteiger partial charge in [0, 0.05) is 16.9 Å². The van der Waals surface area contributed by atoms with Crippen molar-refractivity contribution in [2.75, 3.05) is 6.26 Å². The molecule has 0 aliphatic rings. The van der Waals surface area contributed by atoms with Crippen LogP contribution in [0.5, 0.6) is 0 Å². The maximum Gasteiger partial charge on any atom is 0.0256 e. The molecule has 0 spiro atoms. The van der Waals surface area contributed by atoms with Crippen molar-refractivity contribution in [2.45, 2.75) is 102 Å². The summed E-state index contributed by atoms with van der Waals surface area (Å²) in [5.74, 6) is 6.60. The van der Waals surface area contributed by atoms with Crippen LogP contribution in [-0.4, -0.2) is 6.26 Å². The number of unbranched alkanes of at least 4 members (excludes halogenated alkanes) is 13. The fourth-order valence-corrected chi connectivity index (χ4v) is 3.47. The average Bonchev–Trinajstić information content (AvgIpc) is 2.65. The Hall–Kier alpha value is -0.870. The van der Waals surface area contributed by atoms with Crippen LogP contribution in [0.4, 0.5) is 0 Å². The van der Waals surface area contributed by atoms with E-state index in [1.807, 2.05) is 6.07 Å². The summed E-state index contributed by atoms with van der Waals surface area (Å²) >= 11 is 1.72. The van der Waals surface area contributed by atoms with Crippen LogP contribution in [0.2, 0.25) is 0 Å². The summed E-state index contributed by atoms with van der Waals surface area (Å²) in [6.07, 6.45) is 21.4. The number of hydrogen-bond acceptors (Lipinski definition) is 1. The van der Waals surface area contributed by atoms with Gasteiger partial charge >= 0.3 is 0 Å². The molecule has 0 aliphatic heterocycles. The van der Waals surface area contributed by atoms with Crippen LogP contribution >= 0.6 is 11.8 Å². The predicted octanol–water partition coefficient (Wildman–Crippen LogP) is 8.04. The van der Waals surface area contributed by atoms with Gasteiger partial charge in [-0.2, -0.15) is 0 Å². The van der Waals surface area contributed by atoms with Crippen molar-refractivity contribution in [1.29, 1.82) is 0 Å². The Kier molecular flexibility index (Phi) is 14.7. The van der Waals surface area contributed by atoms with Gasteiger partial charge in [0.15, 0.2) is 0 Å². The first-order valence-corrected chi connectivity index (χ1v) is 11.6. The highest BCUT2D eigenvalue weighted by atomic mass is 32.2. The minimum Gasteiger partial charge on any atom is -0.129 e. The summed E-state index contributed by atoms with van der Waals surface area (Å²) in [6, 6.07) is 9.36. The van der Waals surface area contributed by atoms with E-state index < -0.39 is 0 Å². The largest absolute Gasteiger partial charge is 0.129 e. The van der Waals surface area contributed by atoms with E-state index in [1.165, 1.54) is 88.4 Å². The Labute approximate surface area is 161 Å². The lowest BCUT2D eigenvalue weighted by Gasteiger charge is -2.02. The first-order chi connectivity index (χ1) is 12.4. The molecule has 0 unspecified atom stereocenters. The molecule has 1 aromatic carbocycles. The van der Waals surface area contributed by atoms with Gasteiger partial charge in [-0.15, -0.1) is 11.8 Å². The van der Waals surface area contributed by atoms with E-state index in [0.29, 0.717) is 0 Å². The quantitative estimate of drug-likeness (QED) is 0.184. The van der Waals surface area contributed by atoms with Gasteiger partial charge in [-0.1, -0.05) is 102 Å². The smallest absolute Gasteiger partial charge is 0.0256 e. The van der Waals surface area contributed by atoms with E-state index in [-0.39, 0.29) is 0 Å². The van der Waals surface area contributed by atoms with Crippen LogP contribution < -0.4 is 0 Å². The number of thioether (sulfide) groups is 1. The summed E-state index contributed by atoms with van der Waals surface area (Å²) in [6.45, 7) is 2.29. The van der Waals surface area contributed by atoms with Gasteiger partial charge in [-0.05, 0) is 30.9 Å². The van der Waals surface area contributed by atoms with Crippen molar-refractivity contribution in [3.8, 4) is 11.8 Å². The molecule has 0 aromatic heterocycles. The summed E-state index contributed by atoms with van der Waals surface area (Å²) in [7, 11) is 0. The SMILES string of the molecule is CCCCCCCCCCCCCCCC#Cc1cc[c]c(SC)c1. The van der Waals surface area contributed by atoms with E-state index in [0.717, 1.165) is 12.0 Å². The Morgan fingerprint density at radius 3 is 1.96 bits per heavy atom. The molecule has 25 heavy (non-hydrogen) atoms. The average molecular weight is 358 g/mol. The predicted molar refractivity (Wildman–Crippen MR) is 114 cm³/mol. The lowest BCUT2D eigenvalue weighted by molar-refractivity contribution is 0.540. The van der Waals surface area contributed by atoms with Gasteiger partial charge in [0.1, 0.15) is 0 Å². The molecule has 139 valence electrons. The molecule has 0 atom stereocenters. The first kappa shape index (κ1) is 22.2. The van der Waals surface area contributed by atoms with Crippen LogP contribution in [0.25, 0.3) is 0 Å². The highest BCUT2D eigenvalue weighted by molar-refractivity contribution is 7.98. The van der Waals surface area contributed by atoms with E-state index in [1.54, 1.807) is 11.8 Å². The van der Waals surface area contributed by atoms with E-state index in [2.05, 4.69) is 43.2 Å². The van der Waals surface area contributed by atoms with Crippen molar-refractivity contribution in [3.63, 3.8) is 0 Å². The fraction of sp³-hybridized carbons (Fsp3) is 0.667. The normalized spacial score (nSPS) is 10.5. The molecule has 0 nitrogen and oxygen atoms in total. The lowest BCUT2D eigenvalue weighted by atomic mass is 10.0. The van der Waals surface area contributed by atoms with Gasteiger partial charge in [0.25, 0.3) is 0 Å². The van der Waals surface area contributed by atoms with Gasteiger partial charge in [0.05, 0.1) is 0 Å². The van der Waals surface area contributed by atoms with Crippen LogP contribution in [-0.2, 0) is 0 Å². The minimum absolute atomic E-state index is 1.03. The highest BCUT2D eigenvalue weighted by Crippen LogP contribution is 2.15. The molecule has 1 heteroatoms. The van der Waals surface area contributed by atoms with E-state index in [4.69, 9.17) is 0 Å². The zero-order valence-corrected chi connectivity index (χ0v) is 17.4. The molecule has 0 N–H and O–H groups in total. The highest BCUT2D eigenvalue weighted by Gasteiger charge is 1.94. The van der Waals surface area contributed by atoms with E-state index in [9.17, 15) is 0 Å². The number of rotatable bonds is 14. The molecule has 1 radical (unpaired) electrons. The second kappa shape index (κ2) is 16.6. The topological polar surface area (TPSA) is 0 Å². The third-order valence-electron chi connectivity index (χ3n) is 4.63. The Morgan fingerprint density at radius 2 is 1.40 bits per heavy atom. The van der Waals surface area contributed by atoms with Crippen molar-refractivity contribution in [2.24, 2.45) is 0 Å². The Balaban J connectivity index is 1.88. The van der Waals surface area contributed by atoms with Gasteiger partial charge in [-0.3, -0.25) is 0 Å². The van der Waals surface area contributed by atoms with Gasteiger partial charge in [0.2, 0.25) is 0 Å². The number of benzene rings is 1. The van der Waals surface area contributed by atoms with E-state index >= 15 is 0 Å². The Bertz CT molecular complexity index is 480. The third kappa shape index (κ3) is 13.1. The summed E-state index contributed by atoms with van der Waals surface area (Å²) in [4.78, 5) is 1.17. The number of hydrogen-bond donors (Lipinski definition) is 0. The zero-order chi connectivity index (χ0) is 18.0. The monoisotopic (exact) mass is 357 g/mol. The molecule has 0 saturated carbocycles. The van der Waals surface area contributed by atoms with Gasteiger partial charge in [-0.25, -0.2) is 0 Å². The second-order valence-corrected chi connectivity index (χ2v) is 7.79. The molecule has 0 fully saturated rings. The second-order valence-electron chi connectivity index (χ2n) is 6.94.